The molecular weight excluding hydrogens is 344 g/mol. The van der Waals surface area contributed by atoms with Gasteiger partial charge in [0.05, 0.1) is 6.04 Å². The SMILES string of the molecule is O=C1CCCN1CC(Nc1nc(-c2ccccc2)ns1)c1ccccc1. The van der Waals surface area contributed by atoms with E-state index < -0.39 is 0 Å². The first-order valence-electron chi connectivity index (χ1n) is 8.78. The molecule has 5 nitrogen and oxygen atoms in total. The first-order valence-corrected chi connectivity index (χ1v) is 9.55. The lowest BCUT2D eigenvalue weighted by atomic mass is 10.1. The number of hydrogen-bond acceptors (Lipinski definition) is 5. The zero-order chi connectivity index (χ0) is 17.8. The quantitative estimate of drug-likeness (QED) is 0.719. The molecule has 0 spiro atoms. The minimum absolute atomic E-state index is 0.00479. The van der Waals surface area contributed by atoms with Gasteiger partial charge < -0.3 is 10.2 Å². The van der Waals surface area contributed by atoms with E-state index in [2.05, 4.69) is 26.8 Å². The molecule has 1 fully saturated rings. The third kappa shape index (κ3) is 3.75. The molecule has 0 bridgehead atoms. The van der Waals surface area contributed by atoms with Gasteiger partial charge in [0.1, 0.15) is 0 Å². The molecule has 1 N–H and O–H groups in total. The Morgan fingerprint density at radius 1 is 1.08 bits per heavy atom. The van der Waals surface area contributed by atoms with E-state index in [4.69, 9.17) is 0 Å². The van der Waals surface area contributed by atoms with Crippen LogP contribution in [0.4, 0.5) is 5.13 Å². The van der Waals surface area contributed by atoms with Crippen molar-refractivity contribution in [2.24, 2.45) is 0 Å². The molecular formula is C20H20N4OS. The van der Waals surface area contributed by atoms with Crippen LogP contribution >= 0.6 is 11.5 Å². The number of rotatable bonds is 6. The molecule has 0 aliphatic carbocycles. The molecule has 132 valence electrons. The van der Waals surface area contributed by atoms with Gasteiger partial charge in [0.15, 0.2) is 5.82 Å². The highest BCUT2D eigenvalue weighted by molar-refractivity contribution is 7.09. The molecule has 26 heavy (non-hydrogen) atoms. The average molecular weight is 364 g/mol. The summed E-state index contributed by atoms with van der Waals surface area (Å²) in [6, 6.07) is 20.1. The van der Waals surface area contributed by atoms with Crippen LogP contribution in [0.3, 0.4) is 0 Å². The second-order valence-corrected chi connectivity index (χ2v) is 7.09. The number of benzene rings is 2. The molecule has 6 heteroatoms. The van der Waals surface area contributed by atoms with Crippen molar-refractivity contribution in [2.45, 2.75) is 18.9 Å². The van der Waals surface area contributed by atoms with Gasteiger partial charge in [-0.2, -0.15) is 9.36 Å². The van der Waals surface area contributed by atoms with Gasteiger partial charge in [-0.3, -0.25) is 4.79 Å². The van der Waals surface area contributed by atoms with Crippen molar-refractivity contribution in [3.05, 3.63) is 66.2 Å². The highest BCUT2D eigenvalue weighted by Gasteiger charge is 2.25. The highest BCUT2D eigenvalue weighted by atomic mass is 32.1. The first kappa shape index (κ1) is 16.7. The van der Waals surface area contributed by atoms with Gasteiger partial charge in [-0.05, 0) is 12.0 Å². The van der Waals surface area contributed by atoms with Gasteiger partial charge in [0.25, 0.3) is 0 Å². The lowest BCUT2D eigenvalue weighted by Crippen LogP contribution is -2.32. The standard InChI is InChI=1S/C20H20N4OS/c25-18-12-7-13-24(18)14-17(15-8-3-1-4-9-15)21-20-22-19(23-26-20)16-10-5-2-6-11-16/h1-6,8-11,17H,7,12-14H2,(H,21,22,23). The Morgan fingerprint density at radius 2 is 1.81 bits per heavy atom. The maximum absolute atomic E-state index is 12.1. The maximum Gasteiger partial charge on any atom is 0.222 e. The molecule has 1 saturated heterocycles. The zero-order valence-electron chi connectivity index (χ0n) is 14.3. The Kier molecular flexibility index (Phi) is 4.93. The smallest absolute Gasteiger partial charge is 0.222 e. The molecule has 1 aliphatic heterocycles. The van der Waals surface area contributed by atoms with Gasteiger partial charge in [0.2, 0.25) is 11.0 Å². The van der Waals surface area contributed by atoms with Crippen LogP contribution in [0, 0.1) is 0 Å². The van der Waals surface area contributed by atoms with E-state index in [0.717, 1.165) is 35.0 Å². The Bertz CT molecular complexity index is 866. The van der Waals surface area contributed by atoms with Crippen LogP contribution in [-0.4, -0.2) is 33.3 Å². The van der Waals surface area contributed by atoms with Crippen molar-refractivity contribution in [1.29, 1.82) is 0 Å². The van der Waals surface area contributed by atoms with Crippen LogP contribution in [0.2, 0.25) is 0 Å². The third-order valence-electron chi connectivity index (χ3n) is 4.53. The van der Waals surface area contributed by atoms with Crippen molar-refractivity contribution >= 4 is 22.6 Å². The van der Waals surface area contributed by atoms with Crippen LogP contribution in [0.15, 0.2) is 60.7 Å². The molecule has 1 unspecified atom stereocenters. The summed E-state index contributed by atoms with van der Waals surface area (Å²) < 4.78 is 4.47. The van der Waals surface area contributed by atoms with Gasteiger partial charge in [-0.1, -0.05) is 60.7 Å². The monoisotopic (exact) mass is 364 g/mol. The zero-order valence-corrected chi connectivity index (χ0v) is 15.2. The van der Waals surface area contributed by atoms with Crippen molar-refractivity contribution in [1.82, 2.24) is 14.3 Å². The summed E-state index contributed by atoms with van der Waals surface area (Å²) >= 11 is 1.35. The van der Waals surface area contributed by atoms with Crippen molar-refractivity contribution in [2.75, 3.05) is 18.4 Å². The second kappa shape index (κ2) is 7.66. The normalized spacial score (nSPS) is 15.2. The Hall–Kier alpha value is -2.73. The summed E-state index contributed by atoms with van der Waals surface area (Å²) in [5.41, 5.74) is 2.14. The van der Waals surface area contributed by atoms with E-state index in [1.807, 2.05) is 53.4 Å². The summed E-state index contributed by atoms with van der Waals surface area (Å²) in [7, 11) is 0. The number of hydrogen-bond donors (Lipinski definition) is 1. The molecule has 1 atom stereocenters. The minimum Gasteiger partial charge on any atom is -0.352 e. The van der Waals surface area contributed by atoms with Gasteiger partial charge in [-0.15, -0.1) is 0 Å². The van der Waals surface area contributed by atoms with Gasteiger partial charge >= 0.3 is 0 Å². The lowest BCUT2D eigenvalue weighted by molar-refractivity contribution is -0.127. The summed E-state index contributed by atoms with van der Waals surface area (Å²) in [4.78, 5) is 18.6. The van der Waals surface area contributed by atoms with E-state index >= 15 is 0 Å². The number of carbonyl (C=O) groups excluding carboxylic acids is 1. The van der Waals surface area contributed by atoms with Crippen LogP contribution in [-0.2, 0) is 4.79 Å². The van der Waals surface area contributed by atoms with Crippen molar-refractivity contribution in [3.63, 3.8) is 0 Å². The molecule has 2 aromatic carbocycles. The summed E-state index contributed by atoms with van der Waals surface area (Å²) in [5.74, 6) is 0.956. The van der Waals surface area contributed by atoms with E-state index in [-0.39, 0.29) is 11.9 Å². The molecule has 2 heterocycles. The topological polar surface area (TPSA) is 58.1 Å². The number of likely N-dealkylation sites (tertiary alicyclic amines) is 1. The number of nitrogens with one attached hydrogen (secondary N) is 1. The van der Waals surface area contributed by atoms with E-state index in [9.17, 15) is 4.79 Å². The van der Waals surface area contributed by atoms with Crippen molar-refractivity contribution < 1.29 is 4.79 Å². The van der Waals surface area contributed by atoms with Crippen LogP contribution < -0.4 is 5.32 Å². The molecule has 3 aromatic rings. The number of carbonyl (C=O) groups is 1. The Labute approximate surface area is 156 Å². The number of aromatic nitrogens is 2. The average Bonchev–Trinajstić information content (AvgIpc) is 3.32. The largest absolute Gasteiger partial charge is 0.352 e. The van der Waals surface area contributed by atoms with Gasteiger partial charge in [-0.25, -0.2) is 0 Å². The van der Waals surface area contributed by atoms with Crippen LogP contribution in [0.5, 0.6) is 0 Å². The summed E-state index contributed by atoms with van der Waals surface area (Å²) in [5, 5.41) is 4.25. The molecule has 1 aromatic heterocycles. The fourth-order valence-electron chi connectivity index (χ4n) is 3.17. The number of nitrogens with zero attached hydrogens (tertiary/aromatic N) is 3. The number of anilines is 1. The maximum atomic E-state index is 12.1. The predicted octanol–water partition coefficient (Wildman–Crippen LogP) is 3.98. The van der Waals surface area contributed by atoms with Gasteiger partial charge in [0, 0.05) is 36.6 Å². The molecule has 1 aliphatic rings. The predicted molar refractivity (Wildman–Crippen MR) is 104 cm³/mol. The number of amides is 1. The summed E-state index contributed by atoms with van der Waals surface area (Å²) in [6.07, 6.45) is 1.59. The van der Waals surface area contributed by atoms with Crippen LogP contribution in [0.25, 0.3) is 11.4 Å². The van der Waals surface area contributed by atoms with E-state index in [0.29, 0.717) is 13.0 Å². The molecule has 1 amide bonds. The molecule has 0 radical (unpaired) electrons. The first-order chi connectivity index (χ1) is 12.8. The Balaban J connectivity index is 1.55. The fraction of sp³-hybridized carbons (Fsp3) is 0.250. The molecule has 4 rings (SSSR count). The fourth-order valence-corrected chi connectivity index (χ4v) is 3.81. The lowest BCUT2D eigenvalue weighted by Gasteiger charge is -2.24. The highest BCUT2D eigenvalue weighted by Crippen LogP contribution is 2.26. The second-order valence-electron chi connectivity index (χ2n) is 6.34. The Morgan fingerprint density at radius 3 is 2.50 bits per heavy atom. The summed E-state index contributed by atoms with van der Waals surface area (Å²) in [6.45, 7) is 1.47. The van der Waals surface area contributed by atoms with E-state index in [1.165, 1.54) is 11.5 Å². The van der Waals surface area contributed by atoms with E-state index in [1.54, 1.807) is 0 Å². The van der Waals surface area contributed by atoms with Crippen molar-refractivity contribution in [3.8, 4) is 11.4 Å². The van der Waals surface area contributed by atoms with Crippen LogP contribution in [0.1, 0.15) is 24.4 Å². The minimum atomic E-state index is -0.00479. The third-order valence-corrected chi connectivity index (χ3v) is 5.18. The molecule has 0 saturated carbocycles.